The van der Waals surface area contributed by atoms with Crippen LogP contribution in [0.3, 0.4) is 0 Å². The molecule has 1 aliphatic carbocycles. The molecule has 72 valence electrons. The summed E-state index contributed by atoms with van der Waals surface area (Å²) in [5.41, 5.74) is 5.53. The van der Waals surface area contributed by atoms with Crippen LogP contribution in [0.15, 0.2) is 0 Å². The SMILES string of the molecule is Cl.NCCC1CCN(C2CC2)C1. The number of likely N-dealkylation sites (tertiary alicyclic amines) is 1. The third-order valence-corrected chi connectivity index (χ3v) is 2.96. The second-order valence-electron chi connectivity index (χ2n) is 3.96. The van der Waals surface area contributed by atoms with Gasteiger partial charge in [-0.05, 0) is 44.7 Å². The van der Waals surface area contributed by atoms with Crippen LogP contribution in [0.2, 0.25) is 0 Å². The molecule has 1 unspecified atom stereocenters. The lowest BCUT2D eigenvalue weighted by Crippen LogP contribution is -2.23. The third kappa shape index (κ3) is 2.35. The molecule has 0 spiro atoms. The molecule has 1 saturated carbocycles. The topological polar surface area (TPSA) is 29.3 Å². The van der Waals surface area contributed by atoms with Gasteiger partial charge in [0, 0.05) is 12.6 Å². The second kappa shape index (κ2) is 4.45. The zero-order valence-electron chi connectivity index (χ0n) is 7.54. The molecule has 1 saturated heterocycles. The van der Waals surface area contributed by atoms with Gasteiger partial charge in [0.05, 0.1) is 0 Å². The van der Waals surface area contributed by atoms with Gasteiger partial charge in [-0.15, -0.1) is 12.4 Å². The van der Waals surface area contributed by atoms with Gasteiger partial charge in [-0.25, -0.2) is 0 Å². The molecule has 2 aliphatic rings. The Bertz CT molecular complexity index is 136. The number of hydrogen-bond acceptors (Lipinski definition) is 2. The van der Waals surface area contributed by atoms with E-state index in [0.717, 1.165) is 18.5 Å². The van der Waals surface area contributed by atoms with Crippen molar-refractivity contribution in [2.45, 2.75) is 31.7 Å². The normalized spacial score (nSPS) is 30.2. The Kier molecular flexibility index (Phi) is 3.81. The molecule has 0 aromatic heterocycles. The molecular weight excluding hydrogens is 172 g/mol. The first kappa shape index (κ1) is 10.3. The van der Waals surface area contributed by atoms with Gasteiger partial charge in [0.2, 0.25) is 0 Å². The first-order chi connectivity index (χ1) is 5.40. The van der Waals surface area contributed by atoms with Crippen LogP contribution >= 0.6 is 12.4 Å². The highest BCUT2D eigenvalue weighted by Gasteiger charge is 2.33. The van der Waals surface area contributed by atoms with Crippen LogP contribution in [0.1, 0.15) is 25.7 Å². The Morgan fingerprint density at radius 3 is 2.58 bits per heavy atom. The number of nitrogens with two attached hydrogens (primary N) is 1. The van der Waals surface area contributed by atoms with E-state index in [0.29, 0.717) is 0 Å². The van der Waals surface area contributed by atoms with Gasteiger partial charge < -0.3 is 10.6 Å². The Labute approximate surface area is 80.9 Å². The Morgan fingerprint density at radius 1 is 1.25 bits per heavy atom. The minimum absolute atomic E-state index is 0. The molecule has 1 aliphatic heterocycles. The fourth-order valence-electron chi connectivity index (χ4n) is 2.11. The van der Waals surface area contributed by atoms with Crippen LogP contribution in [0.25, 0.3) is 0 Å². The van der Waals surface area contributed by atoms with Crippen molar-refractivity contribution >= 4 is 12.4 Å². The van der Waals surface area contributed by atoms with Crippen molar-refractivity contribution in [2.24, 2.45) is 11.7 Å². The first-order valence-electron chi connectivity index (χ1n) is 4.84. The summed E-state index contributed by atoms with van der Waals surface area (Å²) in [6.07, 6.45) is 5.54. The molecule has 0 amide bonds. The van der Waals surface area contributed by atoms with E-state index in [2.05, 4.69) is 4.90 Å². The molecule has 2 N–H and O–H groups in total. The second-order valence-corrected chi connectivity index (χ2v) is 3.96. The molecule has 2 nitrogen and oxygen atoms in total. The zero-order valence-corrected chi connectivity index (χ0v) is 8.35. The van der Waals surface area contributed by atoms with Crippen LogP contribution < -0.4 is 5.73 Å². The molecule has 0 aromatic rings. The van der Waals surface area contributed by atoms with E-state index in [1.54, 1.807) is 0 Å². The summed E-state index contributed by atoms with van der Waals surface area (Å²) in [6, 6.07) is 0.970. The summed E-state index contributed by atoms with van der Waals surface area (Å²) < 4.78 is 0. The lowest BCUT2D eigenvalue weighted by Gasteiger charge is -2.13. The van der Waals surface area contributed by atoms with Gasteiger partial charge in [0.15, 0.2) is 0 Å². The fraction of sp³-hybridized carbons (Fsp3) is 1.00. The summed E-state index contributed by atoms with van der Waals surface area (Å²) in [5, 5.41) is 0. The molecule has 1 heterocycles. The molecule has 2 rings (SSSR count). The Balaban J connectivity index is 0.000000720. The highest BCUT2D eigenvalue weighted by molar-refractivity contribution is 5.85. The van der Waals surface area contributed by atoms with Gasteiger partial charge in [-0.1, -0.05) is 0 Å². The molecule has 2 fully saturated rings. The molecule has 0 bridgehead atoms. The van der Waals surface area contributed by atoms with Crippen molar-refractivity contribution in [1.82, 2.24) is 4.90 Å². The van der Waals surface area contributed by atoms with Crippen LogP contribution in [0.4, 0.5) is 0 Å². The van der Waals surface area contributed by atoms with E-state index in [1.165, 1.54) is 38.8 Å². The van der Waals surface area contributed by atoms with E-state index >= 15 is 0 Å². The average Bonchev–Trinajstić information content (AvgIpc) is 2.75. The summed E-state index contributed by atoms with van der Waals surface area (Å²) in [5.74, 6) is 0.917. The van der Waals surface area contributed by atoms with E-state index in [1.807, 2.05) is 0 Å². The molecule has 12 heavy (non-hydrogen) atoms. The summed E-state index contributed by atoms with van der Waals surface area (Å²) in [6.45, 7) is 3.56. The zero-order chi connectivity index (χ0) is 7.68. The lowest BCUT2D eigenvalue weighted by atomic mass is 10.1. The Morgan fingerprint density at radius 2 is 2.00 bits per heavy atom. The minimum Gasteiger partial charge on any atom is -0.330 e. The fourth-order valence-corrected chi connectivity index (χ4v) is 2.11. The maximum Gasteiger partial charge on any atom is 0.00965 e. The maximum atomic E-state index is 5.53. The van der Waals surface area contributed by atoms with Crippen molar-refractivity contribution in [3.63, 3.8) is 0 Å². The van der Waals surface area contributed by atoms with Crippen molar-refractivity contribution in [2.75, 3.05) is 19.6 Å². The van der Waals surface area contributed by atoms with E-state index in [-0.39, 0.29) is 12.4 Å². The standard InChI is InChI=1S/C9H18N2.ClH/c10-5-3-8-4-6-11(7-8)9-1-2-9;/h8-9H,1-7,10H2;1H. The third-order valence-electron chi connectivity index (χ3n) is 2.96. The molecule has 0 aromatic carbocycles. The predicted octanol–water partition coefficient (Wildman–Crippen LogP) is 1.24. The smallest absolute Gasteiger partial charge is 0.00965 e. The quantitative estimate of drug-likeness (QED) is 0.726. The number of halogens is 1. The minimum atomic E-state index is 0. The number of nitrogens with zero attached hydrogens (tertiary/aromatic N) is 1. The van der Waals surface area contributed by atoms with Crippen LogP contribution in [0, 0.1) is 5.92 Å². The largest absolute Gasteiger partial charge is 0.330 e. The van der Waals surface area contributed by atoms with Gasteiger partial charge >= 0.3 is 0 Å². The highest BCUT2D eigenvalue weighted by atomic mass is 35.5. The van der Waals surface area contributed by atoms with Gasteiger partial charge in [-0.3, -0.25) is 0 Å². The average molecular weight is 191 g/mol. The van der Waals surface area contributed by atoms with Crippen LogP contribution in [-0.2, 0) is 0 Å². The molecule has 1 atom stereocenters. The van der Waals surface area contributed by atoms with E-state index in [4.69, 9.17) is 5.73 Å². The maximum absolute atomic E-state index is 5.53. The van der Waals surface area contributed by atoms with Gasteiger partial charge in [0.25, 0.3) is 0 Å². The van der Waals surface area contributed by atoms with E-state index < -0.39 is 0 Å². The predicted molar refractivity (Wildman–Crippen MR) is 53.6 cm³/mol. The van der Waals surface area contributed by atoms with Crippen molar-refractivity contribution in [1.29, 1.82) is 0 Å². The van der Waals surface area contributed by atoms with Gasteiger partial charge in [0.1, 0.15) is 0 Å². The van der Waals surface area contributed by atoms with Crippen molar-refractivity contribution in [3.05, 3.63) is 0 Å². The number of hydrogen-bond donors (Lipinski definition) is 1. The highest BCUT2D eigenvalue weighted by Crippen LogP contribution is 2.32. The molecular formula is C9H19ClN2. The van der Waals surface area contributed by atoms with Crippen LogP contribution in [0.5, 0.6) is 0 Å². The molecule has 0 radical (unpaired) electrons. The van der Waals surface area contributed by atoms with Crippen LogP contribution in [-0.4, -0.2) is 30.6 Å². The lowest BCUT2D eigenvalue weighted by molar-refractivity contribution is 0.311. The summed E-state index contributed by atoms with van der Waals surface area (Å²) >= 11 is 0. The van der Waals surface area contributed by atoms with E-state index in [9.17, 15) is 0 Å². The first-order valence-corrected chi connectivity index (χ1v) is 4.84. The van der Waals surface area contributed by atoms with Crippen molar-refractivity contribution in [3.8, 4) is 0 Å². The van der Waals surface area contributed by atoms with Gasteiger partial charge in [-0.2, -0.15) is 0 Å². The number of rotatable bonds is 3. The van der Waals surface area contributed by atoms with Crippen molar-refractivity contribution < 1.29 is 0 Å². The molecule has 3 heteroatoms. The monoisotopic (exact) mass is 190 g/mol. The Hall–Kier alpha value is 0.210. The summed E-state index contributed by atoms with van der Waals surface area (Å²) in [7, 11) is 0. The summed E-state index contributed by atoms with van der Waals surface area (Å²) in [4.78, 5) is 2.65.